The van der Waals surface area contributed by atoms with Gasteiger partial charge in [-0.1, -0.05) is 11.6 Å². The molecule has 0 radical (unpaired) electrons. The molecule has 0 saturated carbocycles. The maximum Gasteiger partial charge on any atom is 0.256 e. The summed E-state index contributed by atoms with van der Waals surface area (Å²) in [5, 5.41) is 23.1. The number of phenols is 1. The van der Waals surface area contributed by atoms with Crippen molar-refractivity contribution in [1.82, 2.24) is 4.90 Å². The van der Waals surface area contributed by atoms with Crippen LogP contribution in [-0.4, -0.2) is 46.9 Å². The zero-order valence-electron chi connectivity index (χ0n) is 12.0. The van der Waals surface area contributed by atoms with Gasteiger partial charge in [-0.05, 0) is 19.4 Å². The van der Waals surface area contributed by atoms with E-state index in [0.717, 1.165) is 5.57 Å². The Morgan fingerprint density at radius 3 is 2.90 bits per heavy atom. The minimum Gasteiger partial charge on any atom is -0.504 e. The molecule has 2 heterocycles. The first-order chi connectivity index (χ1) is 10.0. The van der Waals surface area contributed by atoms with E-state index in [2.05, 4.69) is 5.32 Å². The van der Waals surface area contributed by atoms with Crippen LogP contribution in [0.1, 0.15) is 23.7 Å². The fourth-order valence-corrected chi connectivity index (χ4v) is 2.93. The second-order valence-corrected chi connectivity index (χ2v) is 5.31. The van der Waals surface area contributed by atoms with Crippen LogP contribution >= 0.6 is 0 Å². The van der Waals surface area contributed by atoms with E-state index in [9.17, 15) is 15.0 Å². The van der Waals surface area contributed by atoms with Crippen molar-refractivity contribution < 1.29 is 19.7 Å². The zero-order chi connectivity index (χ0) is 15.1. The fourth-order valence-electron chi connectivity index (χ4n) is 2.93. The lowest BCUT2D eigenvalue weighted by Gasteiger charge is -2.24. The van der Waals surface area contributed by atoms with E-state index in [-0.39, 0.29) is 23.4 Å². The first-order valence-corrected chi connectivity index (χ1v) is 6.85. The summed E-state index contributed by atoms with van der Waals surface area (Å²) in [5.41, 5.74) is 1.94. The molecule has 0 spiro atoms. The minimum atomic E-state index is -0.875. The number of carbonyl (C=O) groups excluding carboxylic acids is 1. The molecule has 0 aliphatic carbocycles. The summed E-state index contributed by atoms with van der Waals surface area (Å²) in [7, 11) is 1.43. The Morgan fingerprint density at radius 2 is 2.24 bits per heavy atom. The van der Waals surface area contributed by atoms with Crippen molar-refractivity contribution in [1.29, 1.82) is 0 Å². The van der Waals surface area contributed by atoms with Gasteiger partial charge in [0, 0.05) is 12.6 Å². The lowest BCUT2D eigenvalue weighted by Crippen LogP contribution is -2.43. The number of rotatable bonds is 1. The molecule has 0 bridgehead atoms. The molecule has 2 aliphatic rings. The maximum atomic E-state index is 12.7. The SMILES string of the molecule is C/C=C1\CC2[C@@H](O)Nc3cc(O)c(OC)cc3C(=O)N2C1. The van der Waals surface area contributed by atoms with Crippen molar-refractivity contribution in [2.45, 2.75) is 25.6 Å². The van der Waals surface area contributed by atoms with Gasteiger partial charge in [-0.15, -0.1) is 0 Å². The number of aliphatic hydroxyl groups is 1. The highest BCUT2D eigenvalue weighted by molar-refractivity contribution is 6.02. The number of carbonyl (C=O) groups is 1. The predicted molar refractivity (Wildman–Crippen MR) is 77.5 cm³/mol. The van der Waals surface area contributed by atoms with Gasteiger partial charge < -0.3 is 25.2 Å². The number of benzene rings is 1. The molecule has 1 aromatic carbocycles. The summed E-state index contributed by atoms with van der Waals surface area (Å²) < 4.78 is 5.06. The number of hydrogen-bond donors (Lipinski definition) is 3. The van der Waals surface area contributed by atoms with Gasteiger partial charge in [0.25, 0.3) is 5.91 Å². The first-order valence-electron chi connectivity index (χ1n) is 6.85. The van der Waals surface area contributed by atoms with Crippen LogP contribution in [0.15, 0.2) is 23.8 Å². The van der Waals surface area contributed by atoms with Crippen molar-refractivity contribution >= 4 is 11.6 Å². The van der Waals surface area contributed by atoms with Gasteiger partial charge in [0.15, 0.2) is 11.5 Å². The number of ether oxygens (including phenoxy) is 1. The fraction of sp³-hybridized carbons (Fsp3) is 0.400. The van der Waals surface area contributed by atoms with Gasteiger partial charge >= 0.3 is 0 Å². The van der Waals surface area contributed by atoms with Crippen LogP contribution in [0.2, 0.25) is 0 Å². The number of phenolic OH excluding ortho intramolecular Hbond substituents is 1. The molecule has 3 N–H and O–H groups in total. The van der Waals surface area contributed by atoms with Crippen LogP contribution < -0.4 is 10.1 Å². The van der Waals surface area contributed by atoms with Gasteiger partial charge in [0.05, 0.1) is 24.4 Å². The summed E-state index contributed by atoms with van der Waals surface area (Å²) in [6.07, 6.45) is 1.75. The van der Waals surface area contributed by atoms with Crippen LogP contribution in [0.4, 0.5) is 5.69 Å². The molecule has 2 atom stereocenters. The molecular weight excluding hydrogens is 272 g/mol. The molecule has 1 aromatic rings. The van der Waals surface area contributed by atoms with Crippen molar-refractivity contribution in [3.05, 3.63) is 29.3 Å². The summed E-state index contributed by atoms with van der Waals surface area (Å²) in [6, 6.07) is 2.61. The molecule has 1 amide bonds. The molecule has 1 unspecified atom stereocenters. The Bertz CT molecular complexity index is 626. The topological polar surface area (TPSA) is 82.0 Å². The Morgan fingerprint density at radius 1 is 1.48 bits per heavy atom. The quantitative estimate of drug-likeness (QED) is 0.679. The molecule has 0 aromatic heterocycles. The van der Waals surface area contributed by atoms with Gasteiger partial charge in [-0.3, -0.25) is 4.79 Å². The Hall–Kier alpha value is -2.21. The highest BCUT2D eigenvalue weighted by Crippen LogP contribution is 2.38. The monoisotopic (exact) mass is 290 g/mol. The Balaban J connectivity index is 2.08. The highest BCUT2D eigenvalue weighted by Gasteiger charge is 2.40. The van der Waals surface area contributed by atoms with E-state index in [0.29, 0.717) is 24.2 Å². The van der Waals surface area contributed by atoms with Crippen LogP contribution in [-0.2, 0) is 0 Å². The molecule has 6 heteroatoms. The number of aromatic hydroxyl groups is 1. The maximum absolute atomic E-state index is 12.7. The van der Waals surface area contributed by atoms with E-state index in [1.54, 1.807) is 4.90 Å². The molecule has 1 saturated heterocycles. The summed E-state index contributed by atoms with van der Waals surface area (Å²) in [4.78, 5) is 14.4. The van der Waals surface area contributed by atoms with E-state index < -0.39 is 6.23 Å². The molecule has 6 nitrogen and oxygen atoms in total. The summed E-state index contributed by atoms with van der Waals surface area (Å²) in [6.45, 7) is 2.45. The van der Waals surface area contributed by atoms with Crippen molar-refractivity contribution in [3.8, 4) is 11.5 Å². The third-order valence-electron chi connectivity index (χ3n) is 4.13. The van der Waals surface area contributed by atoms with Crippen LogP contribution in [0, 0.1) is 0 Å². The summed E-state index contributed by atoms with van der Waals surface area (Å²) >= 11 is 0. The molecule has 1 fully saturated rings. The number of anilines is 1. The molecule has 3 rings (SSSR count). The van der Waals surface area contributed by atoms with Gasteiger partial charge in [-0.25, -0.2) is 0 Å². The Labute approximate surface area is 122 Å². The zero-order valence-corrected chi connectivity index (χ0v) is 12.0. The van der Waals surface area contributed by atoms with Crippen molar-refractivity contribution in [2.24, 2.45) is 0 Å². The minimum absolute atomic E-state index is 0.0695. The second kappa shape index (κ2) is 4.96. The number of aliphatic hydroxyl groups excluding tert-OH is 1. The van der Waals surface area contributed by atoms with Crippen LogP contribution in [0.3, 0.4) is 0 Å². The molecule has 21 heavy (non-hydrogen) atoms. The average Bonchev–Trinajstić information content (AvgIpc) is 2.87. The van der Waals surface area contributed by atoms with E-state index >= 15 is 0 Å². The molecule has 112 valence electrons. The number of amides is 1. The number of hydrogen-bond acceptors (Lipinski definition) is 5. The highest BCUT2D eigenvalue weighted by atomic mass is 16.5. The van der Waals surface area contributed by atoms with Gasteiger partial charge in [0.2, 0.25) is 0 Å². The van der Waals surface area contributed by atoms with E-state index in [1.807, 2.05) is 13.0 Å². The van der Waals surface area contributed by atoms with E-state index in [4.69, 9.17) is 4.74 Å². The van der Waals surface area contributed by atoms with Crippen LogP contribution in [0.25, 0.3) is 0 Å². The van der Waals surface area contributed by atoms with Gasteiger partial charge in [0.1, 0.15) is 6.23 Å². The smallest absolute Gasteiger partial charge is 0.256 e. The number of allylic oxidation sites excluding steroid dienone is 1. The number of methoxy groups -OCH3 is 1. The standard InChI is InChI=1S/C15H18N2O4/c1-3-8-4-11-14(19)16-10-6-12(18)13(21-2)5-9(10)15(20)17(11)7-8/h3,5-6,11,14,16,18-19H,4,7H2,1-2H3/b8-3+/t11?,14-/m1/s1. The average molecular weight is 290 g/mol. The largest absolute Gasteiger partial charge is 0.504 e. The van der Waals surface area contributed by atoms with E-state index in [1.165, 1.54) is 19.2 Å². The molecular formula is C15H18N2O4. The number of nitrogens with one attached hydrogen (secondary N) is 1. The number of fused-ring (bicyclic) bond motifs is 2. The van der Waals surface area contributed by atoms with Crippen molar-refractivity contribution in [3.63, 3.8) is 0 Å². The van der Waals surface area contributed by atoms with Gasteiger partial charge in [-0.2, -0.15) is 0 Å². The predicted octanol–water partition coefficient (Wildman–Crippen LogP) is 1.31. The van der Waals surface area contributed by atoms with Crippen molar-refractivity contribution in [2.75, 3.05) is 19.0 Å². The lowest BCUT2D eigenvalue weighted by molar-refractivity contribution is 0.0582. The Kier molecular flexibility index (Phi) is 3.25. The number of nitrogens with zero attached hydrogens (tertiary/aromatic N) is 1. The van der Waals surface area contributed by atoms with Crippen LogP contribution in [0.5, 0.6) is 11.5 Å². The summed E-state index contributed by atoms with van der Waals surface area (Å²) in [5.74, 6) is -0.00329. The normalized spacial score (nSPS) is 26.1. The molecule has 2 aliphatic heterocycles. The lowest BCUT2D eigenvalue weighted by atomic mass is 10.1. The first kappa shape index (κ1) is 13.8. The third kappa shape index (κ3) is 2.12. The second-order valence-electron chi connectivity index (χ2n) is 5.31. The third-order valence-corrected chi connectivity index (χ3v) is 4.13.